The molecule has 1 N–H and O–H groups in total. The number of nitriles is 1. The number of benzene rings is 1. The van der Waals surface area contributed by atoms with Crippen molar-refractivity contribution in [3.63, 3.8) is 0 Å². The van der Waals surface area contributed by atoms with Gasteiger partial charge in [-0.15, -0.1) is 0 Å². The van der Waals surface area contributed by atoms with Crippen LogP contribution in [0, 0.1) is 18.3 Å². The molecule has 0 unspecified atom stereocenters. The number of pyridine rings is 1. The molecular weight excluding hydrogens is 374 g/mol. The number of anilines is 1. The van der Waals surface area contributed by atoms with E-state index in [1.165, 1.54) is 11.8 Å². The highest BCUT2D eigenvalue weighted by Gasteiger charge is 2.17. The minimum absolute atomic E-state index is 0.182. The molecule has 1 amide bonds. The van der Waals surface area contributed by atoms with Crippen LogP contribution in [0.3, 0.4) is 0 Å². The van der Waals surface area contributed by atoms with E-state index in [4.69, 9.17) is 4.52 Å². The number of aryl methyl sites for hydroxylation is 2. The van der Waals surface area contributed by atoms with Crippen molar-refractivity contribution >= 4 is 40.2 Å². The summed E-state index contributed by atoms with van der Waals surface area (Å²) >= 11 is 1.40. The highest BCUT2D eigenvalue weighted by molar-refractivity contribution is 7.99. The minimum Gasteiger partial charge on any atom is -0.360 e. The van der Waals surface area contributed by atoms with Crippen LogP contribution in [0.2, 0.25) is 0 Å². The van der Waals surface area contributed by atoms with Crippen LogP contribution < -0.4 is 5.32 Å². The van der Waals surface area contributed by atoms with E-state index < -0.39 is 0 Å². The predicted octanol–water partition coefficient (Wildman–Crippen LogP) is 3.95. The topological polar surface area (TPSA) is 96.2 Å². The van der Waals surface area contributed by atoms with Crippen LogP contribution in [0.5, 0.6) is 0 Å². The number of rotatable bonds is 5. The molecule has 0 aliphatic rings. The second-order valence-corrected chi connectivity index (χ2v) is 7.26. The third kappa shape index (κ3) is 3.21. The number of carbonyl (C=O) groups excluding carboxylic acids is 1. The molecule has 0 aliphatic heterocycles. The van der Waals surface area contributed by atoms with E-state index in [1.807, 2.05) is 41.7 Å². The maximum atomic E-state index is 12.3. The van der Waals surface area contributed by atoms with Gasteiger partial charge in [-0.25, -0.2) is 4.98 Å². The molecule has 0 atom stereocenters. The normalized spacial score (nSPS) is 11.0. The SMILES string of the molecule is CCc1cc(SCC(=O)Nc2cc(C)on2)n2c(nc3ccccc32)c1C#N. The molecule has 0 saturated carbocycles. The fourth-order valence-corrected chi connectivity index (χ4v) is 3.99. The molecule has 3 aromatic heterocycles. The van der Waals surface area contributed by atoms with Crippen LogP contribution in [0.1, 0.15) is 23.8 Å². The van der Waals surface area contributed by atoms with Gasteiger partial charge in [0, 0.05) is 6.07 Å². The Bertz CT molecular complexity index is 1230. The molecule has 3 heterocycles. The summed E-state index contributed by atoms with van der Waals surface area (Å²) < 4.78 is 6.91. The van der Waals surface area contributed by atoms with Crippen LogP contribution in [0.25, 0.3) is 16.7 Å². The number of hydrogen-bond donors (Lipinski definition) is 1. The van der Waals surface area contributed by atoms with Crippen LogP contribution >= 0.6 is 11.8 Å². The third-order valence-corrected chi connectivity index (χ3v) is 5.37. The number of hydrogen-bond acceptors (Lipinski definition) is 6. The van der Waals surface area contributed by atoms with Crippen LogP contribution in [0.4, 0.5) is 5.82 Å². The lowest BCUT2D eigenvalue weighted by Crippen LogP contribution is -2.14. The average molecular weight is 391 g/mol. The van der Waals surface area contributed by atoms with Gasteiger partial charge in [-0.05, 0) is 37.1 Å². The zero-order valence-corrected chi connectivity index (χ0v) is 16.2. The molecule has 4 rings (SSSR count). The molecular formula is C20H17N5O2S. The minimum atomic E-state index is -0.182. The maximum absolute atomic E-state index is 12.3. The van der Waals surface area contributed by atoms with Crippen LogP contribution in [-0.2, 0) is 11.2 Å². The van der Waals surface area contributed by atoms with Gasteiger partial charge < -0.3 is 9.84 Å². The van der Waals surface area contributed by atoms with E-state index in [1.54, 1.807) is 13.0 Å². The summed E-state index contributed by atoms with van der Waals surface area (Å²) in [5.41, 5.74) is 3.84. The second kappa shape index (κ2) is 7.37. The molecule has 140 valence electrons. The van der Waals surface area contributed by atoms with E-state index in [9.17, 15) is 10.1 Å². The van der Waals surface area contributed by atoms with Crippen molar-refractivity contribution < 1.29 is 9.32 Å². The van der Waals surface area contributed by atoms with Gasteiger partial charge in [-0.1, -0.05) is 36.0 Å². The molecule has 7 nitrogen and oxygen atoms in total. The van der Waals surface area contributed by atoms with E-state index >= 15 is 0 Å². The van der Waals surface area contributed by atoms with E-state index in [0.717, 1.165) is 21.6 Å². The number of carbonyl (C=O) groups is 1. The number of aromatic nitrogens is 3. The summed E-state index contributed by atoms with van der Waals surface area (Å²) in [5, 5.41) is 17.0. The largest absolute Gasteiger partial charge is 0.360 e. The number of amides is 1. The average Bonchev–Trinajstić information content (AvgIpc) is 3.28. The molecule has 4 aromatic rings. The van der Waals surface area contributed by atoms with Crippen molar-refractivity contribution in [1.82, 2.24) is 14.5 Å². The summed E-state index contributed by atoms with van der Waals surface area (Å²) in [5.74, 6) is 1.05. The first-order valence-corrected chi connectivity index (χ1v) is 9.78. The van der Waals surface area contributed by atoms with Gasteiger partial charge in [0.1, 0.15) is 11.8 Å². The van der Waals surface area contributed by atoms with Crippen molar-refractivity contribution in [2.45, 2.75) is 25.3 Å². The second-order valence-electron chi connectivity index (χ2n) is 6.27. The first-order valence-electron chi connectivity index (χ1n) is 8.80. The van der Waals surface area contributed by atoms with E-state index in [0.29, 0.717) is 29.2 Å². The van der Waals surface area contributed by atoms with Crippen molar-refractivity contribution in [3.05, 3.63) is 53.3 Å². The van der Waals surface area contributed by atoms with Crippen molar-refractivity contribution in [3.8, 4) is 6.07 Å². The van der Waals surface area contributed by atoms with Crippen molar-refractivity contribution in [2.75, 3.05) is 11.1 Å². The summed E-state index contributed by atoms with van der Waals surface area (Å²) in [4.78, 5) is 17.0. The third-order valence-electron chi connectivity index (χ3n) is 4.36. The number of imidazole rings is 1. The summed E-state index contributed by atoms with van der Waals surface area (Å²) in [6.07, 6.45) is 0.709. The first-order chi connectivity index (χ1) is 13.6. The molecule has 28 heavy (non-hydrogen) atoms. The van der Waals surface area contributed by atoms with Crippen LogP contribution in [0.15, 0.2) is 45.9 Å². The Morgan fingerprint density at radius 1 is 1.36 bits per heavy atom. The monoisotopic (exact) mass is 391 g/mol. The quantitative estimate of drug-likeness (QED) is 0.518. The number of nitrogens with zero attached hydrogens (tertiary/aromatic N) is 4. The fraction of sp³-hybridized carbons (Fsp3) is 0.200. The van der Waals surface area contributed by atoms with Gasteiger partial charge >= 0.3 is 0 Å². The predicted molar refractivity (Wildman–Crippen MR) is 107 cm³/mol. The maximum Gasteiger partial charge on any atom is 0.236 e. The highest BCUT2D eigenvalue weighted by Crippen LogP contribution is 2.30. The smallest absolute Gasteiger partial charge is 0.236 e. The molecule has 0 radical (unpaired) electrons. The Morgan fingerprint density at radius 3 is 2.89 bits per heavy atom. The van der Waals surface area contributed by atoms with Gasteiger partial charge in [-0.2, -0.15) is 5.26 Å². The van der Waals surface area contributed by atoms with Gasteiger partial charge in [0.25, 0.3) is 0 Å². The number of para-hydroxylation sites is 2. The molecule has 0 fully saturated rings. The van der Waals surface area contributed by atoms with E-state index in [-0.39, 0.29) is 11.7 Å². The molecule has 8 heteroatoms. The first kappa shape index (κ1) is 18.1. The molecule has 0 bridgehead atoms. The van der Waals surface area contributed by atoms with Gasteiger partial charge in [0.15, 0.2) is 11.5 Å². The molecule has 0 spiro atoms. The van der Waals surface area contributed by atoms with Crippen molar-refractivity contribution in [1.29, 1.82) is 5.26 Å². The standard InChI is InChI=1S/C20H17N5O2S/c1-3-13-9-19(28-11-18(26)23-17-8-12(2)27-24-17)25-16-7-5-4-6-15(16)22-20(25)14(13)10-21/h4-9H,3,11H2,1-2H3,(H,23,24,26). The fourth-order valence-electron chi connectivity index (χ4n) is 3.10. The number of thioether (sulfide) groups is 1. The lowest BCUT2D eigenvalue weighted by atomic mass is 10.1. The van der Waals surface area contributed by atoms with E-state index in [2.05, 4.69) is 21.5 Å². The van der Waals surface area contributed by atoms with Gasteiger partial charge in [0.05, 0.1) is 27.4 Å². The zero-order valence-electron chi connectivity index (χ0n) is 15.4. The Kier molecular flexibility index (Phi) is 4.75. The van der Waals surface area contributed by atoms with Crippen molar-refractivity contribution in [2.24, 2.45) is 0 Å². The Balaban J connectivity index is 1.71. The molecule has 1 aromatic carbocycles. The summed E-state index contributed by atoms with van der Waals surface area (Å²) in [6, 6.07) is 13.7. The number of fused-ring (bicyclic) bond motifs is 3. The molecule has 0 saturated heterocycles. The Hall–Kier alpha value is -3.31. The zero-order chi connectivity index (χ0) is 19.7. The summed E-state index contributed by atoms with van der Waals surface area (Å²) in [7, 11) is 0. The lowest BCUT2D eigenvalue weighted by Gasteiger charge is -2.10. The highest BCUT2D eigenvalue weighted by atomic mass is 32.2. The Labute approximate surface area is 165 Å². The lowest BCUT2D eigenvalue weighted by molar-refractivity contribution is -0.113. The van der Waals surface area contributed by atoms with Crippen LogP contribution in [-0.4, -0.2) is 26.2 Å². The number of nitrogens with one attached hydrogen (secondary N) is 1. The molecule has 0 aliphatic carbocycles. The Morgan fingerprint density at radius 2 is 2.18 bits per heavy atom. The van der Waals surface area contributed by atoms with Gasteiger partial charge in [0.2, 0.25) is 5.91 Å². The van der Waals surface area contributed by atoms with Gasteiger partial charge in [-0.3, -0.25) is 9.20 Å². The summed E-state index contributed by atoms with van der Waals surface area (Å²) in [6.45, 7) is 3.77.